The van der Waals surface area contributed by atoms with Crippen molar-refractivity contribution in [3.05, 3.63) is 0 Å². The van der Waals surface area contributed by atoms with Gasteiger partial charge in [0, 0.05) is 18.7 Å². The van der Waals surface area contributed by atoms with E-state index in [1.807, 2.05) is 6.92 Å². The van der Waals surface area contributed by atoms with Gasteiger partial charge in [-0.05, 0) is 12.6 Å². The average molecular weight is 226 g/mol. The van der Waals surface area contributed by atoms with Crippen LogP contribution < -0.4 is 0 Å². The molecular weight excluding hydrogens is 205 g/mol. The summed E-state index contributed by atoms with van der Waals surface area (Å²) in [6.45, 7) is 7.73. The number of carbonyl (C=O) groups excluding carboxylic acids is 1. The van der Waals surface area contributed by atoms with Gasteiger partial charge in [-0.1, -0.05) is 27.2 Å². The lowest BCUT2D eigenvalue weighted by Gasteiger charge is -2.20. The molecule has 0 N–H and O–H groups in total. The molecule has 0 aromatic rings. The van der Waals surface area contributed by atoms with Gasteiger partial charge in [0.15, 0.2) is 0 Å². The summed E-state index contributed by atoms with van der Waals surface area (Å²) in [6, 6.07) is 0.157. The molecule has 0 saturated carbocycles. The Morgan fingerprint density at radius 2 is 1.85 bits per heavy atom. The second-order valence-electron chi connectivity index (χ2n) is 2.84. The minimum absolute atomic E-state index is 0.0871. The summed E-state index contributed by atoms with van der Waals surface area (Å²) in [5.74, 6) is -0.0871. The Labute approximate surface area is 89.3 Å². The first-order chi connectivity index (χ1) is 6.04. The quantitative estimate of drug-likeness (QED) is 0.534. The third kappa shape index (κ3) is 8.52. The molecule has 4 heteroatoms. The smallest absolute Gasteiger partial charge is 0.234 e. The Balaban J connectivity index is 0. The molecule has 80 valence electrons. The molecule has 0 aromatic carbocycles. The van der Waals surface area contributed by atoms with Crippen LogP contribution in [-0.4, -0.2) is 22.5 Å². The molecule has 0 aliphatic carbocycles. The van der Waals surface area contributed by atoms with Gasteiger partial charge in [0.05, 0.1) is 6.04 Å². The van der Waals surface area contributed by atoms with Gasteiger partial charge in [-0.25, -0.2) is 0 Å². The molecule has 0 rings (SSSR count). The van der Waals surface area contributed by atoms with Gasteiger partial charge in [-0.15, -0.1) is 9.24 Å². The maximum atomic E-state index is 10.7. The number of hydrogen-bond donors (Lipinski definition) is 0. The van der Waals surface area contributed by atoms with Crippen LogP contribution in [0.4, 0.5) is 0 Å². The van der Waals surface area contributed by atoms with Crippen LogP contribution in [0.15, 0.2) is 0 Å². The van der Waals surface area contributed by atoms with E-state index in [2.05, 4.69) is 23.1 Å². The van der Waals surface area contributed by atoms with Crippen molar-refractivity contribution < 1.29 is 4.79 Å². The van der Waals surface area contributed by atoms with E-state index < -0.39 is 0 Å². The molecule has 1 amide bonds. The first-order valence-electron chi connectivity index (χ1n) is 4.70. The summed E-state index contributed by atoms with van der Waals surface area (Å²) in [4.78, 5) is 10.7. The molecule has 0 fully saturated rings. The normalized spacial score (nSPS) is 11.2. The molecule has 0 radical (unpaired) electrons. The molecule has 2 nitrogen and oxygen atoms in total. The highest BCUT2D eigenvalue weighted by molar-refractivity contribution is 7.16. The van der Waals surface area contributed by atoms with Crippen LogP contribution in [0.3, 0.4) is 0 Å². The van der Waals surface area contributed by atoms with E-state index in [0.29, 0.717) is 0 Å². The zero-order valence-corrected chi connectivity index (χ0v) is 10.9. The fraction of sp³-hybridized carbons (Fsp3) is 0.889. The molecule has 0 spiro atoms. The van der Waals surface area contributed by atoms with Gasteiger partial charge < -0.3 is 0 Å². The molecule has 2 unspecified atom stereocenters. The fourth-order valence-corrected chi connectivity index (χ4v) is 1.57. The zero-order valence-electron chi connectivity index (χ0n) is 9.01. The first kappa shape index (κ1) is 15.7. The summed E-state index contributed by atoms with van der Waals surface area (Å²) in [5, 5.41) is 0. The predicted octanol–water partition coefficient (Wildman–Crippen LogP) is 3.06. The van der Waals surface area contributed by atoms with Crippen molar-refractivity contribution in [3.63, 3.8) is 0 Å². The van der Waals surface area contributed by atoms with E-state index in [1.165, 1.54) is 17.8 Å². The van der Waals surface area contributed by atoms with Crippen LogP contribution in [0, 0.1) is 0 Å². The van der Waals surface area contributed by atoms with Gasteiger partial charge >= 0.3 is 0 Å². The Hall–Kier alpha value is 0.190. The largest absolute Gasteiger partial charge is 0.274 e. The maximum absolute atomic E-state index is 10.7. The summed E-state index contributed by atoms with van der Waals surface area (Å²) >= 11 is 5.65. The maximum Gasteiger partial charge on any atom is 0.234 e. The van der Waals surface area contributed by atoms with Gasteiger partial charge in [0.1, 0.15) is 0 Å². The number of amides is 1. The highest BCUT2D eigenvalue weighted by Gasteiger charge is 2.14. The molecule has 2 atom stereocenters. The van der Waals surface area contributed by atoms with Crippen LogP contribution in [0.5, 0.6) is 0 Å². The molecule has 0 aliphatic heterocycles. The minimum Gasteiger partial charge on any atom is -0.274 e. The Kier molecular flexibility index (Phi) is 12.4. The molecule has 0 aliphatic rings. The first-order valence-corrected chi connectivity index (χ1v) is 5.86. The van der Waals surface area contributed by atoms with Crippen molar-refractivity contribution in [3.8, 4) is 0 Å². The summed E-state index contributed by atoms with van der Waals surface area (Å²) in [5.41, 5.74) is 0. The lowest BCUT2D eigenvalue weighted by atomic mass is 10.2. The molecule has 0 saturated heterocycles. The lowest BCUT2D eigenvalue weighted by molar-refractivity contribution is -0.125. The summed E-state index contributed by atoms with van der Waals surface area (Å²) in [6.07, 6.45) is 2.98. The van der Waals surface area contributed by atoms with Crippen molar-refractivity contribution in [1.29, 1.82) is 0 Å². The standard InChI is InChI=1S/C6H13ClNOP.C3H8/c1-3-6(4-10)8(7)5(2)9;1-3-2/h6H,3-4,10H2,1-2H3;3H2,1-2H3. The van der Waals surface area contributed by atoms with Crippen molar-refractivity contribution in [1.82, 2.24) is 4.42 Å². The number of hydrogen-bond acceptors (Lipinski definition) is 1. The van der Waals surface area contributed by atoms with Crippen LogP contribution in [0.1, 0.15) is 40.5 Å². The van der Waals surface area contributed by atoms with Crippen molar-refractivity contribution in [2.75, 3.05) is 6.16 Å². The number of nitrogens with zero attached hydrogens (tertiary/aromatic N) is 1. The van der Waals surface area contributed by atoms with E-state index in [0.717, 1.165) is 12.6 Å². The lowest BCUT2D eigenvalue weighted by Crippen LogP contribution is -2.31. The minimum atomic E-state index is -0.0871. The molecule has 0 heterocycles. The van der Waals surface area contributed by atoms with Crippen LogP contribution in [0.25, 0.3) is 0 Å². The predicted molar refractivity (Wildman–Crippen MR) is 63.0 cm³/mol. The molecule has 0 bridgehead atoms. The van der Waals surface area contributed by atoms with Crippen molar-refractivity contribution in [2.24, 2.45) is 0 Å². The van der Waals surface area contributed by atoms with E-state index in [9.17, 15) is 4.79 Å². The number of halogens is 1. The van der Waals surface area contributed by atoms with Crippen LogP contribution >= 0.6 is 21.0 Å². The highest BCUT2D eigenvalue weighted by Crippen LogP contribution is 2.10. The van der Waals surface area contributed by atoms with E-state index in [1.54, 1.807) is 0 Å². The Morgan fingerprint density at radius 3 is 1.92 bits per heavy atom. The van der Waals surface area contributed by atoms with E-state index >= 15 is 0 Å². The van der Waals surface area contributed by atoms with Gasteiger partial charge in [0.25, 0.3) is 0 Å². The highest BCUT2D eigenvalue weighted by atomic mass is 35.5. The second-order valence-corrected chi connectivity index (χ2v) is 3.67. The Bertz CT molecular complexity index is 129. The van der Waals surface area contributed by atoms with Crippen LogP contribution in [-0.2, 0) is 4.79 Å². The molecule has 0 aromatic heterocycles. The van der Waals surface area contributed by atoms with Crippen molar-refractivity contribution in [2.45, 2.75) is 46.6 Å². The van der Waals surface area contributed by atoms with E-state index in [-0.39, 0.29) is 11.9 Å². The topological polar surface area (TPSA) is 20.3 Å². The molecule has 13 heavy (non-hydrogen) atoms. The third-order valence-corrected chi connectivity index (χ3v) is 2.42. The summed E-state index contributed by atoms with van der Waals surface area (Å²) < 4.78 is 1.26. The van der Waals surface area contributed by atoms with Gasteiger partial charge in [-0.2, -0.15) is 0 Å². The van der Waals surface area contributed by atoms with Crippen LogP contribution in [0.2, 0.25) is 0 Å². The second kappa shape index (κ2) is 10.3. The monoisotopic (exact) mass is 225 g/mol. The Morgan fingerprint density at radius 1 is 1.46 bits per heavy atom. The average Bonchev–Trinajstić information content (AvgIpc) is 2.07. The summed E-state index contributed by atoms with van der Waals surface area (Å²) in [7, 11) is 2.57. The SMILES string of the molecule is CCC.CCC(CP)N(Cl)C(C)=O. The third-order valence-electron chi connectivity index (χ3n) is 1.36. The zero-order chi connectivity index (χ0) is 10.9. The molecular formula is C9H21ClNOP. The van der Waals surface area contributed by atoms with Gasteiger partial charge in [-0.3, -0.25) is 9.21 Å². The number of rotatable bonds is 3. The van der Waals surface area contributed by atoms with Gasteiger partial charge in [0.2, 0.25) is 5.91 Å². The van der Waals surface area contributed by atoms with Crippen molar-refractivity contribution >= 4 is 26.9 Å². The van der Waals surface area contributed by atoms with E-state index in [4.69, 9.17) is 11.8 Å². The fourth-order valence-electron chi connectivity index (χ4n) is 0.677. The number of carbonyl (C=O) groups is 1.